The summed E-state index contributed by atoms with van der Waals surface area (Å²) in [7, 11) is 0. The van der Waals surface area contributed by atoms with Crippen molar-refractivity contribution >= 4 is 37.2 Å². The molecule has 0 amide bonds. The molecule has 1 aliphatic rings. The standard InChI is InChI=1S/C45H38O4S2/c1-29(50)25-43(46)48-41-27-33(21-23-35(41)31-13-5-3-6-14-31)45(39-19-11-9-17-37(39)38-18-10-12-20-40(38)45)34-22-24-36(32-15-7-4-8-16-32)42(28-34)49-44(47)26-30(2)51/h3-24,27-30,50-51H,25-26H2,1-2H3. The van der Waals surface area contributed by atoms with E-state index in [0.717, 1.165) is 55.6 Å². The van der Waals surface area contributed by atoms with Gasteiger partial charge in [-0.05, 0) is 56.6 Å². The Morgan fingerprint density at radius 1 is 0.510 bits per heavy atom. The van der Waals surface area contributed by atoms with Gasteiger partial charge in [-0.25, -0.2) is 0 Å². The third kappa shape index (κ3) is 6.74. The second-order valence-electron chi connectivity index (χ2n) is 13.0. The van der Waals surface area contributed by atoms with Crippen LogP contribution in [-0.4, -0.2) is 22.4 Å². The van der Waals surface area contributed by atoms with Gasteiger partial charge in [0.25, 0.3) is 0 Å². The number of rotatable bonds is 10. The molecule has 6 heteroatoms. The number of thiol groups is 2. The number of hydrogen-bond donors (Lipinski definition) is 2. The van der Waals surface area contributed by atoms with E-state index in [9.17, 15) is 9.59 Å². The molecule has 1 aliphatic carbocycles. The van der Waals surface area contributed by atoms with E-state index in [-0.39, 0.29) is 35.3 Å². The number of fused-ring (bicyclic) bond motifs is 3. The minimum atomic E-state index is -0.854. The quantitative estimate of drug-likeness (QED) is 0.0845. The maximum Gasteiger partial charge on any atom is 0.312 e. The van der Waals surface area contributed by atoms with Gasteiger partial charge in [0.1, 0.15) is 11.5 Å². The van der Waals surface area contributed by atoms with Crippen molar-refractivity contribution in [3.63, 3.8) is 0 Å². The SMILES string of the molecule is CC(S)CC(=O)Oc1cc(C2(c3ccc(-c4ccccc4)c(OC(=O)CC(C)S)c3)c3ccccc3-c3ccccc32)ccc1-c1ccccc1. The fourth-order valence-corrected chi connectivity index (χ4v) is 7.53. The molecule has 254 valence electrons. The van der Waals surface area contributed by atoms with Crippen molar-refractivity contribution in [3.05, 3.63) is 168 Å². The number of carbonyl (C=O) groups is 2. The first-order chi connectivity index (χ1) is 24.8. The lowest BCUT2D eigenvalue weighted by Crippen LogP contribution is -2.29. The van der Waals surface area contributed by atoms with Gasteiger partial charge in [-0.3, -0.25) is 9.59 Å². The summed E-state index contributed by atoms with van der Waals surface area (Å²) < 4.78 is 12.4. The Morgan fingerprint density at radius 3 is 1.27 bits per heavy atom. The minimum absolute atomic E-state index is 0.157. The summed E-state index contributed by atoms with van der Waals surface area (Å²) in [4.78, 5) is 26.5. The van der Waals surface area contributed by atoms with E-state index in [1.54, 1.807) is 0 Å². The van der Waals surface area contributed by atoms with Gasteiger partial charge >= 0.3 is 11.9 Å². The molecule has 0 fully saturated rings. The Morgan fingerprint density at radius 2 is 0.882 bits per heavy atom. The molecule has 0 N–H and O–H groups in total. The molecule has 0 aliphatic heterocycles. The van der Waals surface area contributed by atoms with E-state index < -0.39 is 5.41 Å². The Bertz CT molecular complexity index is 2050. The number of carbonyl (C=O) groups excluding carboxylic acids is 2. The lowest BCUT2D eigenvalue weighted by atomic mass is 9.67. The fraction of sp³-hybridized carbons (Fsp3) is 0.156. The first-order valence-corrected chi connectivity index (χ1v) is 18.2. The molecule has 6 aromatic carbocycles. The summed E-state index contributed by atoms with van der Waals surface area (Å²) in [6.07, 6.45) is 0.331. The third-order valence-corrected chi connectivity index (χ3v) is 9.69. The molecule has 0 spiro atoms. The lowest BCUT2D eigenvalue weighted by Gasteiger charge is -2.35. The highest BCUT2D eigenvalue weighted by molar-refractivity contribution is 7.81. The maximum absolute atomic E-state index is 13.3. The Kier molecular flexibility index (Phi) is 9.90. The van der Waals surface area contributed by atoms with Gasteiger partial charge in [0.15, 0.2) is 0 Å². The van der Waals surface area contributed by atoms with Gasteiger partial charge in [0.2, 0.25) is 0 Å². The Labute approximate surface area is 310 Å². The molecule has 0 saturated carbocycles. The predicted molar refractivity (Wildman–Crippen MR) is 212 cm³/mol. The largest absolute Gasteiger partial charge is 0.426 e. The number of esters is 2. The van der Waals surface area contributed by atoms with Gasteiger partial charge in [0.05, 0.1) is 18.3 Å². The molecule has 0 saturated heterocycles. The van der Waals surface area contributed by atoms with Crippen LogP contribution in [0.2, 0.25) is 0 Å². The highest BCUT2D eigenvalue weighted by Gasteiger charge is 2.46. The summed E-state index contributed by atoms with van der Waals surface area (Å²) in [5.74, 6) is 0.226. The van der Waals surface area contributed by atoms with Crippen LogP contribution in [0, 0.1) is 0 Å². The van der Waals surface area contributed by atoms with Gasteiger partial charge in [0, 0.05) is 21.6 Å². The number of hydrogen-bond acceptors (Lipinski definition) is 6. The van der Waals surface area contributed by atoms with Crippen molar-refractivity contribution in [3.8, 4) is 44.9 Å². The second-order valence-corrected chi connectivity index (χ2v) is 14.8. The van der Waals surface area contributed by atoms with Crippen LogP contribution >= 0.6 is 25.3 Å². The van der Waals surface area contributed by atoms with Crippen molar-refractivity contribution < 1.29 is 19.1 Å². The summed E-state index contributed by atoms with van der Waals surface area (Å²) in [6.45, 7) is 3.75. The summed E-state index contributed by atoms with van der Waals surface area (Å²) >= 11 is 8.92. The molecule has 0 radical (unpaired) electrons. The highest BCUT2D eigenvalue weighted by Crippen LogP contribution is 2.57. The third-order valence-electron chi connectivity index (χ3n) is 9.32. The van der Waals surface area contributed by atoms with E-state index in [4.69, 9.17) is 9.47 Å². The van der Waals surface area contributed by atoms with Crippen LogP contribution in [0.4, 0.5) is 0 Å². The summed E-state index contributed by atoms with van der Waals surface area (Å²) in [5.41, 5.74) is 8.84. The highest BCUT2D eigenvalue weighted by atomic mass is 32.1. The Balaban J connectivity index is 1.51. The zero-order chi connectivity index (χ0) is 35.5. The normalized spacial score (nSPS) is 13.8. The van der Waals surface area contributed by atoms with Crippen molar-refractivity contribution in [2.24, 2.45) is 0 Å². The van der Waals surface area contributed by atoms with Crippen molar-refractivity contribution in [1.82, 2.24) is 0 Å². The summed E-state index contributed by atoms with van der Waals surface area (Å²) in [6, 6.07) is 49.0. The summed E-state index contributed by atoms with van der Waals surface area (Å²) in [5, 5.41) is -0.314. The molecule has 2 unspecified atom stereocenters. The molecular weight excluding hydrogens is 669 g/mol. The molecule has 0 aromatic heterocycles. The second kappa shape index (κ2) is 14.7. The maximum atomic E-state index is 13.3. The molecular formula is C45H38O4S2. The van der Waals surface area contributed by atoms with Crippen LogP contribution in [0.25, 0.3) is 33.4 Å². The average Bonchev–Trinajstić information content (AvgIpc) is 3.43. The Hall–Kier alpha value is -5.04. The zero-order valence-electron chi connectivity index (χ0n) is 28.5. The molecule has 0 bridgehead atoms. The van der Waals surface area contributed by atoms with Crippen molar-refractivity contribution in [2.75, 3.05) is 0 Å². The van der Waals surface area contributed by atoms with Crippen LogP contribution in [0.1, 0.15) is 48.9 Å². The van der Waals surface area contributed by atoms with Gasteiger partial charge in [-0.1, -0.05) is 147 Å². The monoisotopic (exact) mass is 706 g/mol. The van der Waals surface area contributed by atoms with Crippen LogP contribution in [-0.2, 0) is 15.0 Å². The van der Waals surface area contributed by atoms with Gasteiger partial charge in [-0.15, -0.1) is 0 Å². The van der Waals surface area contributed by atoms with Crippen LogP contribution in [0.5, 0.6) is 11.5 Å². The molecule has 6 aromatic rings. The van der Waals surface area contributed by atoms with Gasteiger partial charge in [-0.2, -0.15) is 25.3 Å². The molecule has 4 nitrogen and oxygen atoms in total. The van der Waals surface area contributed by atoms with Gasteiger partial charge < -0.3 is 9.47 Å². The molecule has 2 atom stereocenters. The molecule has 51 heavy (non-hydrogen) atoms. The van der Waals surface area contributed by atoms with E-state index in [0.29, 0.717) is 11.5 Å². The first kappa shape index (κ1) is 34.4. The van der Waals surface area contributed by atoms with E-state index in [2.05, 4.69) is 85.9 Å². The van der Waals surface area contributed by atoms with Crippen molar-refractivity contribution in [1.29, 1.82) is 0 Å². The molecule has 7 rings (SSSR count). The van der Waals surface area contributed by atoms with Crippen LogP contribution in [0.15, 0.2) is 146 Å². The van der Waals surface area contributed by atoms with Crippen LogP contribution < -0.4 is 9.47 Å². The number of ether oxygens (including phenoxy) is 2. The minimum Gasteiger partial charge on any atom is -0.426 e. The molecule has 0 heterocycles. The first-order valence-electron chi connectivity index (χ1n) is 17.1. The number of benzene rings is 6. The van der Waals surface area contributed by atoms with E-state index in [1.165, 1.54) is 0 Å². The smallest absolute Gasteiger partial charge is 0.312 e. The topological polar surface area (TPSA) is 52.6 Å². The van der Waals surface area contributed by atoms with Crippen molar-refractivity contribution in [2.45, 2.75) is 42.6 Å². The van der Waals surface area contributed by atoms with E-state index >= 15 is 0 Å². The average molecular weight is 707 g/mol. The lowest BCUT2D eigenvalue weighted by molar-refractivity contribution is -0.135. The predicted octanol–water partition coefficient (Wildman–Crippen LogP) is 10.6. The fourth-order valence-electron chi connectivity index (χ4n) is 7.23. The van der Waals surface area contributed by atoms with Crippen LogP contribution in [0.3, 0.4) is 0 Å². The van der Waals surface area contributed by atoms with E-state index in [1.807, 2.05) is 98.8 Å². The zero-order valence-corrected chi connectivity index (χ0v) is 30.2.